The van der Waals surface area contributed by atoms with E-state index in [1.807, 2.05) is 0 Å². The first-order chi connectivity index (χ1) is 14.1. The van der Waals surface area contributed by atoms with Crippen LogP contribution in [-0.2, 0) is 9.47 Å². The molecule has 0 aliphatic carbocycles. The van der Waals surface area contributed by atoms with Gasteiger partial charge in [-0.1, -0.05) is 0 Å². The van der Waals surface area contributed by atoms with Crippen molar-refractivity contribution in [2.24, 2.45) is 0 Å². The minimum atomic E-state index is -1.21. The van der Waals surface area contributed by atoms with Crippen LogP contribution in [0.5, 0.6) is 0 Å². The van der Waals surface area contributed by atoms with Gasteiger partial charge in [-0.3, -0.25) is 4.57 Å². The zero-order valence-electron chi connectivity index (χ0n) is 16.9. The van der Waals surface area contributed by atoms with Crippen LogP contribution >= 0.6 is 11.6 Å². The molecule has 30 heavy (non-hydrogen) atoms. The van der Waals surface area contributed by atoms with Crippen LogP contribution in [-0.4, -0.2) is 78.7 Å². The minimum Gasteiger partial charge on any atom is -0.444 e. The van der Waals surface area contributed by atoms with E-state index in [4.69, 9.17) is 26.8 Å². The zero-order valence-corrected chi connectivity index (χ0v) is 17.6. The summed E-state index contributed by atoms with van der Waals surface area (Å²) >= 11 is 5.78. The van der Waals surface area contributed by atoms with E-state index in [-0.39, 0.29) is 24.2 Å². The lowest BCUT2D eigenvalue weighted by Gasteiger charge is -2.19. The summed E-state index contributed by atoms with van der Waals surface area (Å²) in [6.45, 7) is 5.91. The number of anilines is 2. The molecule has 12 nitrogen and oxygen atoms in total. The van der Waals surface area contributed by atoms with Crippen molar-refractivity contribution < 1.29 is 24.5 Å². The lowest BCUT2D eigenvalue weighted by atomic mass is 10.1. The number of carbonyl (C=O) groups is 1. The van der Waals surface area contributed by atoms with Crippen LogP contribution in [0.3, 0.4) is 0 Å². The number of rotatable bonds is 6. The Morgan fingerprint density at radius 3 is 2.70 bits per heavy atom. The molecule has 1 fully saturated rings. The Bertz CT molecular complexity index is 902. The fourth-order valence-electron chi connectivity index (χ4n) is 2.94. The maximum atomic E-state index is 11.7. The quantitative estimate of drug-likeness (QED) is 0.307. The van der Waals surface area contributed by atoms with Gasteiger partial charge in [0.1, 0.15) is 29.4 Å². The summed E-state index contributed by atoms with van der Waals surface area (Å²) in [6, 6.07) is 0. The third-order valence-corrected chi connectivity index (χ3v) is 4.59. The van der Waals surface area contributed by atoms with Gasteiger partial charge in [-0.2, -0.15) is 9.97 Å². The summed E-state index contributed by atoms with van der Waals surface area (Å²) in [6.07, 6.45) is -3.12. The average Bonchev–Trinajstić information content (AvgIpc) is 3.19. The van der Waals surface area contributed by atoms with Gasteiger partial charge in [-0.05, 0) is 20.8 Å². The van der Waals surface area contributed by atoms with E-state index < -0.39 is 36.2 Å². The number of imidazole rings is 1. The molecule has 6 N–H and O–H groups in total. The van der Waals surface area contributed by atoms with E-state index in [9.17, 15) is 15.0 Å². The maximum Gasteiger partial charge on any atom is 0.407 e. The third-order valence-electron chi connectivity index (χ3n) is 4.29. The number of nitrogens with two attached hydrogens (primary N) is 1. The third kappa shape index (κ3) is 4.83. The Hall–Kier alpha value is -2.41. The second kappa shape index (κ2) is 8.76. The Balaban J connectivity index is 1.69. The predicted molar refractivity (Wildman–Crippen MR) is 109 cm³/mol. The second-order valence-electron chi connectivity index (χ2n) is 7.81. The number of hydrogen-bond acceptors (Lipinski definition) is 10. The van der Waals surface area contributed by atoms with Gasteiger partial charge in [0.25, 0.3) is 0 Å². The van der Waals surface area contributed by atoms with Crippen molar-refractivity contribution >= 4 is 40.6 Å². The van der Waals surface area contributed by atoms with Crippen LogP contribution in [0.25, 0.3) is 11.2 Å². The van der Waals surface area contributed by atoms with Gasteiger partial charge in [0, 0.05) is 13.1 Å². The molecule has 166 valence electrons. The molecule has 0 saturated carbocycles. The van der Waals surface area contributed by atoms with Crippen LogP contribution in [0, 0.1) is 0 Å². The highest BCUT2D eigenvalue weighted by atomic mass is 35.5. The molecule has 2 aromatic rings. The largest absolute Gasteiger partial charge is 0.444 e. The maximum absolute atomic E-state index is 11.7. The lowest BCUT2D eigenvalue weighted by molar-refractivity contribution is -0.0291. The molecule has 0 unspecified atom stereocenters. The van der Waals surface area contributed by atoms with Crippen LogP contribution in [0.1, 0.15) is 27.0 Å². The molecule has 3 heterocycles. The number of halogens is 1. The molecule has 0 radical (unpaired) electrons. The fourth-order valence-corrected chi connectivity index (χ4v) is 3.20. The average molecular weight is 444 g/mol. The van der Waals surface area contributed by atoms with E-state index in [1.165, 1.54) is 10.9 Å². The Morgan fingerprint density at radius 1 is 1.33 bits per heavy atom. The number of fused-ring (bicyclic) bond motifs is 1. The molecule has 3 rings (SSSR count). The van der Waals surface area contributed by atoms with E-state index in [0.717, 1.165) is 0 Å². The monoisotopic (exact) mass is 443 g/mol. The number of nitrogens with zero attached hydrogens (tertiary/aromatic N) is 4. The van der Waals surface area contributed by atoms with Crippen molar-refractivity contribution in [2.75, 3.05) is 30.0 Å². The number of ether oxygens (including phenoxy) is 2. The highest BCUT2D eigenvalue weighted by Crippen LogP contribution is 2.32. The second-order valence-corrected chi connectivity index (χ2v) is 8.12. The molecule has 1 saturated heterocycles. The number of hydrogen-bond donors (Lipinski definition) is 5. The molecule has 0 aromatic carbocycles. The smallest absolute Gasteiger partial charge is 0.407 e. The number of nitrogen functional groups attached to an aromatic ring is 1. The lowest BCUT2D eigenvalue weighted by Crippen LogP contribution is -2.35. The van der Waals surface area contributed by atoms with Crippen molar-refractivity contribution in [1.29, 1.82) is 0 Å². The highest BCUT2D eigenvalue weighted by molar-refractivity contribution is 6.18. The summed E-state index contributed by atoms with van der Waals surface area (Å²) in [5.74, 6) is 0.355. The van der Waals surface area contributed by atoms with E-state index in [1.54, 1.807) is 20.8 Å². The fraction of sp³-hybridized carbons (Fsp3) is 0.647. The topological polar surface area (TPSA) is 170 Å². The van der Waals surface area contributed by atoms with Crippen LogP contribution in [0.4, 0.5) is 16.6 Å². The van der Waals surface area contributed by atoms with Gasteiger partial charge in [0.05, 0.1) is 12.2 Å². The molecular formula is C17H26ClN7O5. The summed E-state index contributed by atoms with van der Waals surface area (Å²) in [5, 5.41) is 25.9. The molecule has 0 bridgehead atoms. The number of alkyl carbamates (subject to hydrolysis) is 1. The number of alkyl halides is 1. The van der Waals surface area contributed by atoms with Gasteiger partial charge in [-0.25, -0.2) is 9.78 Å². The summed E-state index contributed by atoms with van der Waals surface area (Å²) in [7, 11) is 0. The Labute approximate surface area is 177 Å². The zero-order chi connectivity index (χ0) is 22.1. The summed E-state index contributed by atoms with van der Waals surface area (Å²) < 4.78 is 12.3. The molecule has 4 atom stereocenters. The van der Waals surface area contributed by atoms with Crippen molar-refractivity contribution in [1.82, 2.24) is 24.8 Å². The number of aliphatic hydroxyl groups is 2. The SMILES string of the molecule is CC(C)(C)OC(=O)NCCNc1nc(N)c2ncn([C@@H]3O[C@H](CCl)[C@@H](O)[C@H]3O)c2n1. The first kappa shape index (κ1) is 22.3. The number of aromatic nitrogens is 4. The van der Waals surface area contributed by atoms with Crippen molar-refractivity contribution in [3.63, 3.8) is 0 Å². The van der Waals surface area contributed by atoms with Gasteiger partial charge >= 0.3 is 6.09 Å². The number of amides is 1. The number of aliphatic hydroxyl groups excluding tert-OH is 2. The highest BCUT2D eigenvalue weighted by Gasteiger charge is 2.43. The van der Waals surface area contributed by atoms with Crippen LogP contribution < -0.4 is 16.4 Å². The van der Waals surface area contributed by atoms with E-state index in [2.05, 4.69) is 25.6 Å². The molecule has 1 aliphatic rings. The van der Waals surface area contributed by atoms with Crippen molar-refractivity contribution in [3.05, 3.63) is 6.33 Å². The van der Waals surface area contributed by atoms with Crippen LogP contribution in [0.15, 0.2) is 6.33 Å². The molecule has 0 spiro atoms. The summed E-state index contributed by atoms with van der Waals surface area (Å²) in [4.78, 5) is 24.4. The molecule has 1 amide bonds. The first-order valence-corrected chi connectivity index (χ1v) is 9.92. The Morgan fingerprint density at radius 2 is 2.07 bits per heavy atom. The molecular weight excluding hydrogens is 418 g/mol. The van der Waals surface area contributed by atoms with Gasteiger partial charge in [0.15, 0.2) is 17.7 Å². The molecule has 13 heteroatoms. The number of nitrogens with one attached hydrogen (secondary N) is 2. The standard InChI is InChI=1S/C17H26ClN7O5/c1-17(2,3)30-16(28)21-5-4-20-15-23-12(19)9-13(24-15)25(7-22-9)14-11(27)10(26)8(6-18)29-14/h7-8,10-11,14,26-27H,4-6H2,1-3H3,(H,21,28)(H3,19,20,23,24)/t8-,10-,11-,14-/m1/s1. The summed E-state index contributed by atoms with van der Waals surface area (Å²) in [5.41, 5.74) is 6.04. The van der Waals surface area contributed by atoms with E-state index in [0.29, 0.717) is 17.7 Å². The molecule has 1 aliphatic heterocycles. The van der Waals surface area contributed by atoms with E-state index >= 15 is 0 Å². The minimum absolute atomic E-state index is 0.0237. The number of carbonyl (C=O) groups excluding carboxylic acids is 1. The van der Waals surface area contributed by atoms with Crippen LogP contribution in [0.2, 0.25) is 0 Å². The Kier molecular flexibility index (Phi) is 6.50. The van der Waals surface area contributed by atoms with Crippen molar-refractivity contribution in [3.8, 4) is 0 Å². The molecule has 2 aromatic heterocycles. The predicted octanol–water partition coefficient (Wildman–Crippen LogP) is 0.203. The van der Waals surface area contributed by atoms with Crippen molar-refractivity contribution in [2.45, 2.75) is 50.9 Å². The van der Waals surface area contributed by atoms with Gasteiger partial charge in [0.2, 0.25) is 5.95 Å². The normalized spacial score (nSPS) is 24.2. The van der Waals surface area contributed by atoms with Gasteiger partial charge < -0.3 is 36.1 Å². The van der Waals surface area contributed by atoms with Gasteiger partial charge in [-0.15, -0.1) is 11.6 Å². The first-order valence-electron chi connectivity index (χ1n) is 9.39.